The van der Waals surface area contributed by atoms with Gasteiger partial charge >= 0.3 is 0 Å². The summed E-state index contributed by atoms with van der Waals surface area (Å²) in [7, 11) is 0. The number of nitrogens with one attached hydrogen (secondary N) is 4. The monoisotopic (exact) mass is 399 g/mol. The van der Waals surface area contributed by atoms with Crippen LogP contribution >= 0.6 is 12.2 Å². The summed E-state index contributed by atoms with van der Waals surface area (Å²) in [5.41, 5.74) is 0.921. The summed E-state index contributed by atoms with van der Waals surface area (Å²) in [5, 5.41) is 12.7. The van der Waals surface area contributed by atoms with Crippen molar-refractivity contribution in [2.45, 2.75) is 37.4 Å². The van der Waals surface area contributed by atoms with E-state index in [9.17, 15) is 9.59 Å². The Labute approximate surface area is 170 Å². The van der Waals surface area contributed by atoms with Crippen LogP contribution in [0.3, 0.4) is 0 Å². The minimum absolute atomic E-state index is 0.0410. The molecule has 2 saturated heterocycles. The molecule has 3 rings (SSSR count). The predicted molar refractivity (Wildman–Crippen MR) is 113 cm³/mol. The number of terminal acetylenes is 1. The Morgan fingerprint density at radius 3 is 2.89 bits per heavy atom. The molecule has 7 nitrogen and oxygen atoms in total. The maximum Gasteiger partial charge on any atom is 0.237 e. The number of amides is 2. The maximum atomic E-state index is 12.3. The molecule has 2 fully saturated rings. The molecule has 2 aliphatic heterocycles. The molecular formula is C20H25N5O2S. The van der Waals surface area contributed by atoms with Crippen molar-refractivity contribution in [2.75, 3.05) is 25.0 Å². The standard InChI is InChI=1S/C20H25N5O2S/c1-2-10-21-18(26)9-8-16-12-22-19(27)17-11-15(13-25(16)17)24-20(28)23-14-6-4-3-5-7-14/h1,3-7,15-17H,8-13H2,(H,21,26)(H,22,27)(H2,23,24,28). The number of para-hydroxylation sites is 1. The van der Waals surface area contributed by atoms with Crippen LogP contribution in [0.4, 0.5) is 5.69 Å². The minimum Gasteiger partial charge on any atom is -0.358 e. The second-order valence-electron chi connectivity index (χ2n) is 7.03. The third-order valence-electron chi connectivity index (χ3n) is 5.08. The van der Waals surface area contributed by atoms with Gasteiger partial charge in [0.1, 0.15) is 0 Å². The highest BCUT2D eigenvalue weighted by Gasteiger charge is 2.43. The molecular weight excluding hydrogens is 374 g/mol. The van der Waals surface area contributed by atoms with Crippen molar-refractivity contribution < 1.29 is 9.59 Å². The van der Waals surface area contributed by atoms with Crippen LogP contribution in [-0.2, 0) is 9.59 Å². The fraction of sp³-hybridized carbons (Fsp3) is 0.450. The average Bonchev–Trinajstić information content (AvgIpc) is 3.11. The van der Waals surface area contributed by atoms with Crippen molar-refractivity contribution in [3.63, 3.8) is 0 Å². The fourth-order valence-electron chi connectivity index (χ4n) is 3.76. The molecule has 2 heterocycles. The maximum absolute atomic E-state index is 12.3. The Morgan fingerprint density at radius 2 is 2.14 bits per heavy atom. The van der Waals surface area contributed by atoms with Gasteiger partial charge in [-0.15, -0.1) is 6.42 Å². The second-order valence-corrected chi connectivity index (χ2v) is 7.44. The van der Waals surface area contributed by atoms with Gasteiger partial charge in [0.05, 0.1) is 12.6 Å². The Morgan fingerprint density at radius 1 is 1.36 bits per heavy atom. The topological polar surface area (TPSA) is 85.5 Å². The highest BCUT2D eigenvalue weighted by atomic mass is 32.1. The molecule has 0 spiro atoms. The number of fused-ring (bicyclic) bond motifs is 1. The highest BCUT2D eigenvalue weighted by molar-refractivity contribution is 7.80. The van der Waals surface area contributed by atoms with Crippen LogP contribution in [0.5, 0.6) is 0 Å². The summed E-state index contributed by atoms with van der Waals surface area (Å²) in [6.45, 7) is 1.51. The molecule has 1 aromatic rings. The molecule has 8 heteroatoms. The van der Waals surface area contributed by atoms with Crippen LogP contribution in [-0.4, -0.2) is 59.6 Å². The van der Waals surface area contributed by atoms with Gasteiger partial charge in [0.15, 0.2) is 5.11 Å². The zero-order chi connectivity index (χ0) is 19.9. The van der Waals surface area contributed by atoms with Crippen molar-refractivity contribution in [1.29, 1.82) is 0 Å². The van der Waals surface area contributed by atoms with Gasteiger partial charge < -0.3 is 21.3 Å². The Bertz CT molecular complexity index is 764. The average molecular weight is 400 g/mol. The van der Waals surface area contributed by atoms with Gasteiger partial charge in [-0.1, -0.05) is 24.1 Å². The summed E-state index contributed by atoms with van der Waals surface area (Å²) in [6, 6.07) is 9.73. The van der Waals surface area contributed by atoms with Gasteiger partial charge in [0.25, 0.3) is 0 Å². The van der Waals surface area contributed by atoms with E-state index in [2.05, 4.69) is 32.1 Å². The molecule has 0 radical (unpaired) electrons. The van der Waals surface area contributed by atoms with Gasteiger partial charge in [0, 0.05) is 37.3 Å². The fourth-order valence-corrected chi connectivity index (χ4v) is 4.04. The summed E-state index contributed by atoms with van der Waals surface area (Å²) in [4.78, 5) is 26.3. The summed E-state index contributed by atoms with van der Waals surface area (Å²) in [6.07, 6.45) is 6.90. The van der Waals surface area contributed by atoms with Crippen LogP contribution in [0.1, 0.15) is 19.3 Å². The molecule has 2 aliphatic rings. The lowest BCUT2D eigenvalue weighted by molar-refractivity contribution is -0.129. The SMILES string of the molecule is C#CCNC(=O)CCC1CNC(=O)C2CC(NC(=S)Nc3ccccc3)CN12. The number of benzene rings is 1. The van der Waals surface area contributed by atoms with Crippen LogP contribution in [0.25, 0.3) is 0 Å². The number of piperazine rings is 1. The molecule has 0 aromatic heterocycles. The van der Waals surface area contributed by atoms with Crippen molar-refractivity contribution in [1.82, 2.24) is 20.9 Å². The third-order valence-corrected chi connectivity index (χ3v) is 5.30. The first-order valence-electron chi connectivity index (χ1n) is 9.43. The Kier molecular flexibility index (Phi) is 6.85. The van der Waals surface area contributed by atoms with E-state index in [4.69, 9.17) is 18.6 Å². The van der Waals surface area contributed by atoms with E-state index in [0.29, 0.717) is 37.5 Å². The third kappa shape index (κ3) is 5.21. The quantitative estimate of drug-likeness (QED) is 0.410. The van der Waals surface area contributed by atoms with E-state index >= 15 is 0 Å². The largest absolute Gasteiger partial charge is 0.358 e. The first-order valence-corrected chi connectivity index (χ1v) is 9.84. The molecule has 28 heavy (non-hydrogen) atoms. The number of hydrogen-bond donors (Lipinski definition) is 4. The molecule has 3 atom stereocenters. The van der Waals surface area contributed by atoms with E-state index in [1.807, 2.05) is 30.3 Å². The Hall–Kier alpha value is -2.63. The van der Waals surface area contributed by atoms with Crippen LogP contribution < -0.4 is 21.3 Å². The smallest absolute Gasteiger partial charge is 0.237 e. The number of hydrogen-bond acceptors (Lipinski definition) is 4. The number of carbonyl (C=O) groups excluding carboxylic acids is 2. The van der Waals surface area contributed by atoms with E-state index < -0.39 is 0 Å². The van der Waals surface area contributed by atoms with Crippen molar-refractivity contribution in [3.05, 3.63) is 30.3 Å². The molecule has 0 bridgehead atoms. The molecule has 3 unspecified atom stereocenters. The molecule has 148 valence electrons. The first-order chi connectivity index (χ1) is 13.6. The highest BCUT2D eigenvalue weighted by Crippen LogP contribution is 2.26. The molecule has 0 aliphatic carbocycles. The number of carbonyl (C=O) groups is 2. The number of nitrogens with zero attached hydrogens (tertiary/aromatic N) is 1. The minimum atomic E-state index is -0.190. The number of thiocarbonyl (C=S) groups is 1. The van der Waals surface area contributed by atoms with Gasteiger partial charge in [-0.2, -0.15) is 0 Å². The molecule has 2 amide bonds. The number of rotatable bonds is 6. The summed E-state index contributed by atoms with van der Waals surface area (Å²) >= 11 is 5.41. The van der Waals surface area contributed by atoms with Gasteiger partial charge in [-0.3, -0.25) is 14.5 Å². The van der Waals surface area contributed by atoms with E-state index in [-0.39, 0.29) is 36.5 Å². The van der Waals surface area contributed by atoms with E-state index in [1.54, 1.807) is 0 Å². The normalized spacial score (nSPS) is 23.8. The van der Waals surface area contributed by atoms with Crippen LogP contribution in [0.2, 0.25) is 0 Å². The Balaban J connectivity index is 1.52. The van der Waals surface area contributed by atoms with Gasteiger partial charge in [-0.25, -0.2) is 0 Å². The second kappa shape index (κ2) is 9.53. The van der Waals surface area contributed by atoms with Crippen molar-refractivity contribution in [2.24, 2.45) is 0 Å². The van der Waals surface area contributed by atoms with Crippen LogP contribution in [0, 0.1) is 12.3 Å². The lowest BCUT2D eigenvalue weighted by Gasteiger charge is -2.37. The molecule has 1 aromatic carbocycles. The summed E-state index contributed by atoms with van der Waals surface area (Å²) in [5.74, 6) is 2.37. The van der Waals surface area contributed by atoms with Crippen LogP contribution in [0.15, 0.2) is 30.3 Å². The van der Waals surface area contributed by atoms with E-state index in [1.165, 1.54) is 0 Å². The van der Waals surface area contributed by atoms with Crippen molar-refractivity contribution in [3.8, 4) is 12.3 Å². The lowest BCUT2D eigenvalue weighted by Crippen LogP contribution is -2.58. The summed E-state index contributed by atoms with van der Waals surface area (Å²) < 4.78 is 0. The van der Waals surface area contributed by atoms with Crippen molar-refractivity contribution >= 4 is 34.8 Å². The van der Waals surface area contributed by atoms with E-state index in [0.717, 1.165) is 5.69 Å². The first kappa shape index (κ1) is 20.1. The lowest BCUT2D eigenvalue weighted by atomic mass is 10.0. The molecule has 4 N–H and O–H groups in total. The molecule has 0 saturated carbocycles. The zero-order valence-electron chi connectivity index (χ0n) is 15.6. The van der Waals surface area contributed by atoms with Gasteiger partial charge in [-0.05, 0) is 37.2 Å². The predicted octanol–water partition coefficient (Wildman–Crippen LogP) is 0.444. The number of anilines is 1. The van der Waals surface area contributed by atoms with Gasteiger partial charge in [0.2, 0.25) is 11.8 Å². The zero-order valence-corrected chi connectivity index (χ0v) is 16.4.